The third kappa shape index (κ3) is 4.42. The van der Waals surface area contributed by atoms with E-state index in [-0.39, 0.29) is 26.1 Å². The minimum Gasteiger partial charge on any atom is -0.497 e. The largest absolute Gasteiger partial charge is 0.497 e. The fourth-order valence-electron chi connectivity index (χ4n) is 3.51. The van der Waals surface area contributed by atoms with Crippen LogP contribution in [-0.4, -0.2) is 21.3 Å². The van der Waals surface area contributed by atoms with Crippen LogP contribution in [-0.2, 0) is 9.84 Å². The number of hydrogen-bond acceptors (Lipinski definition) is 7. The van der Waals surface area contributed by atoms with Gasteiger partial charge in [-0.2, -0.15) is 0 Å². The van der Waals surface area contributed by atoms with Crippen molar-refractivity contribution in [1.29, 1.82) is 0 Å². The van der Waals surface area contributed by atoms with E-state index >= 15 is 0 Å². The number of para-hydroxylation sites is 1. The van der Waals surface area contributed by atoms with E-state index in [2.05, 4.69) is 5.32 Å². The van der Waals surface area contributed by atoms with Crippen LogP contribution in [0.4, 0.5) is 16.4 Å². The molecule has 34 heavy (non-hydrogen) atoms. The van der Waals surface area contributed by atoms with Crippen LogP contribution in [0, 0.1) is 13.8 Å². The molecule has 1 aromatic heterocycles. The quantitative estimate of drug-likeness (QED) is 0.318. The van der Waals surface area contributed by atoms with Crippen molar-refractivity contribution in [3.8, 4) is 5.75 Å². The zero-order valence-electron chi connectivity index (χ0n) is 19.0. The first-order chi connectivity index (χ1) is 16.2. The summed E-state index contributed by atoms with van der Waals surface area (Å²) < 4.78 is 32.6. The number of nitrogens with one attached hydrogen (secondary N) is 1. The van der Waals surface area contributed by atoms with E-state index in [4.69, 9.17) is 10.5 Å². The standard InChI is InChI=1S/C26H24N2O4S2/c1-16-11-13-20(14-12-16)34(30,31)25-22(27)24(23(29)18-8-6-9-19(15-18)32-3)33-26(25)28-21-10-5-4-7-17(21)2/h4-15,28H,27H2,1-3H3. The molecule has 0 aliphatic heterocycles. The van der Waals surface area contributed by atoms with Crippen LogP contribution in [0.5, 0.6) is 5.75 Å². The number of anilines is 3. The van der Waals surface area contributed by atoms with E-state index in [0.29, 0.717) is 16.3 Å². The molecule has 3 aromatic carbocycles. The summed E-state index contributed by atoms with van der Waals surface area (Å²) in [6, 6.07) is 20.7. The number of nitrogen functional groups attached to an aromatic ring is 1. The Labute approximate surface area is 202 Å². The number of ether oxygens (including phenoxy) is 1. The molecule has 0 fully saturated rings. The second-order valence-corrected chi connectivity index (χ2v) is 10.7. The average Bonchev–Trinajstić information content (AvgIpc) is 3.16. The van der Waals surface area contributed by atoms with Crippen LogP contribution < -0.4 is 15.8 Å². The molecule has 0 amide bonds. The minimum atomic E-state index is -4.01. The number of sulfone groups is 1. The number of rotatable bonds is 7. The Balaban J connectivity index is 1.89. The molecular weight excluding hydrogens is 468 g/mol. The van der Waals surface area contributed by atoms with Crippen molar-refractivity contribution in [2.24, 2.45) is 0 Å². The lowest BCUT2D eigenvalue weighted by Gasteiger charge is -2.11. The van der Waals surface area contributed by atoms with E-state index in [1.807, 2.05) is 38.1 Å². The zero-order chi connectivity index (χ0) is 24.5. The van der Waals surface area contributed by atoms with Crippen molar-refractivity contribution in [1.82, 2.24) is 0 Å². The predicted octanol–water partition coefficient (Wildman–Crippen LogP) is 5.76. The second kappa shape index (κ2) is 9.32. The summed E-state index contributed by atoms with van der Waals surface area (Å²) in [5, 5.41) is 3.49. The maximum atomic E-state index is 13.7. The molecule has 8 heteroatoms. The Morgan fingerprint density at radius 2 is 1.68 bits per heavy atom. The Morgan fingerprint density at radius 3 is 2.35 bits per heavy atom. The van der Waals surface area contributed by atoms with E-state index in [9.17, 15) is 13.2 Å². The highest BCUT2D eigenvalue weighted by atomic mass is 32.2. The molecular formula is C26H24N2O4S2. The van der Waals surface area contributed by atoms with Crippen molar-refractivity contribution >= 4 is 43.3 Å². The Kier molecular flexibility index (Phi) is 6.45. The van der Waals surface area contributed by atoms with Gasteiger partial charge >= 0.3 is 0 Å². The molecule has 0 bridgehead atoms. The van der Waals surface area contributed by atoms with Crippen molar-refractivity contribution in [2.75, 3.05) is 18.2 Å². The fourth-order valence-corrected chi connectivity index (χ4v) is 6.44. The normalized spacial score (nSPS) is 11.3. The molecule has 0 unspecified atom stereocenters. The van der Waals surface area contributed by atoms with Crippen LogP contribution in [0.1, 0.15) is 26.4 Å². The topological polar surface area (TPSA) is 98.5 Å². The molecule has 0 saturated carbocycles. The second-order valence-electron chi connectivity index (χ2n) is 7.82. The summed E-state index contributed by atoms with van der Waals surface area (Å²) in [7, 11) is -2.50. The molecule has 1 heterocycles. The summed E-state index contributed by atoms with van der Waals surface area (Å²) >= 11 is 1.03. The van der Waals surface area contributed by atoms with Gasteiger partial charge in [-0.1, -0.05) is 48.0 Å². The molecule has 4 rings (SSSR count). The van der Waals surface area contributed by atoms with Gasteiger partial charge in [0.05, 0.1) is 17.7 Å². The zero-order valence-corrected chi connectivity index (χ0v) is 20.6. The Hall–Kier alpha value is -3.62. The number of carbonyl (C=O) groups is 1. The minimum absolute atomic E-state index is 0.0746. The van der Waals surface area contributed by atoms with Gasteiger partial charge < -0.3 is 15.8 Å². The third-order valence-corrected chi connectivity index (χ3v) is 8.53. The summed E-state index contributed by atoms with van der Waals surface area (Å²) in [6.45, 7) is 3.79. The van der Waals surface area contributed by atoms with Crippen LogP contribution in [0.2, 0.25) is 0 Å². The number of benzene rings is 3. The SMILES string of the molecule is COc1cccc(C(=O)c2sc(Nc3ccccc3C)c(S(=O)(=O)c3ccc(C)cc3)c2N)c1. The number of hydrogen-bond donors (Lipinski definition) is 2. The number of nitrogens with two attached hydrogens (primary N) is 1. The average molecular weight is 493 g/mol. The van der Waals surface area contributed by atoms with Crippen LogP contribution >= 0.6 is 11.3 Å². The summed E-state index contributed by atoms with van der Waals surface area (Å²) in [5.41, 5.74) is 9.26. The monoisotopic (exact) mass is 492 g/mol. The lowest BCUT2D eigenvalue weighted by molar-refractivity contribution is 0.104. The highest BCUT2D eigenvalue weighted by molar-refractivity contribution is 7.92. The first-order valence-electron chi connectivity index (χ1n) is 10.5. The Bertz CT molecular complexity index is 1470. The molecule has 3 N–H and O–H groups in total. The predicted molar refractivity (Wildman–Crippen MR) is 136 cm³/mol. The van der Waals surface area contributed by atoms with Crippen molar-refractivity contribution < 1.29 is 17.9 Å². The van der Waals surface area contributed by atoms with Gasteiger partial charge in [0.25, 0.3) is 0 Å². The third-order valence-electron chi connectivity index (χ3n) is 5.43. The maximum Gasteiger partial charge on any atom is 0.211 e. The molecule has 174 valence electrons. The molecule has 0 aliphatic carbocycles. The molecule has 0 spiro atoms. The summed E-state index contributed by atoms with van der Waals surface area (Å²) in [5.74, 6) is 0.145. The van der Waals surface area contributed by atoms with Gasteiger partial charge in [0.1, 0.15) is 20.5 Å². The molecule has 0 atom stereocenters. The van der Waals surface area contributed by atoms with Crippen LogP contribution in [0.15, 0.2) is 82.6 Å². The summed E-state index contributed by atoms with van der Waals surface area (Å²) in [6.07, 6.45) is 0. The van der Waals surface area contributed by atoms with Gasteiger partial charge in [-0.25, -0.2) is 8.42 Å². The Morgan fingerprint density at radius 1 is 0.971 bits per heavy atom. The molecule has 0 aliphatic rings. The van der Waals surface area contributed by atoms with Crippen molar-refractivity contribution in [3.63, 3.8) is 0 Å². The van der Waals surface area contributed by atoms with Crippen molar-refractivity contribution in [2.45, 2.75) is 23.6 Å². The van der Waals surface area contributed by atoms with Crippen molar-refractivity contribution in [3.05, 3.63) is 94.4 Å². The number of methoxy groups -OCH3 is 1. The lowest BCUT2D eigenvalue weighted by atomic mass is 10.1. The highest BCUT2D eigenvalue weighted by Gasteiger charge is 2.32. The molecule has 4 aromatic rings. The van der Waals surface area contributed by atoms with Gasteiger partial charge in [0.15, 0.2) is 0 Å². The van der Waals surface area contributed by atoms with E-state index in [1.54, 1.807) is 48.5 Å². The first-order valence-corrected chi connectivity index (χ1v) is 12.8. The van der Waals surface area contributed by atoms with Crippen LogP contribution in [0.25, 0.3) is 0 Å². The van der Waals surface area contributed by atoms with Gasteiger partial charge in [-0.15, -0.1) is 11.3 Å². The van der Waals surface area contributed by atoms with E-state index in [0.717, 1.165) is 28.2 Å². The molecule has 0 saturated heterocycles. The van der Waals surface area contributed by atoms with Crippen LogP contribution in [0.3, 0.4) is 0 Å². The smallest absolute Gasteiger partial charge is 0.211 e. The van der Waals surface area contributed by atoms with E-state index in [1.165, 1.54) is 7.11 Å². The highest BCUT2D eigenvalue weighted by Crippen LogP contribution is 2.44. The van der Waals surface area contributed by atoms with Gasteiger partial charge in [0.2, 0.25) is 15.6 Å². The summed E-state index contributed by atoms with van der Waals surface area (Å²) in [4.78, 5) is 13.5. The lowest BCUT2D eigenvalue weighted by Crippen LogP contribution is -2.08. The fraction of sp³-hybridized carbons (Fsp3) is 0.115. The van der Waals surface area contributed by atoms with E-state index < -0.39 is 9.84 Å². The van der Waals surface area contributed by atoms with Gasteiger partial charge in [-0.05, 0) is 49.7 Å². The number of aryl methyl sites for hydroxylation is 2. The number of carbonyl (C=O) groups excluding carboxylic acids is 1. The molecule has 0 radical (unpaired) electrons. The number of ketones is 1. The maximum absolute atomic E-state index is 13.7. The number of thiophene rings is 1. The molecule has 6 nitrogen and oxygen atoms in total. The first kappa shape index (κ1) is 23.5. The van der Waals surface area contributed by atoms with Gasteiger partial charge in [-0.3, -0.25) is 4.79 Å². The van der Waals surface area contributed by atoms with Gasteiger partial charge in [0, 0.05) is 11.3 Å².